The zero-order valence-corrected chi connectivity index (χ0v) is 14.6. The molecular weight excluding hydrogens is 336 g/mol. The Kier molecular flexibility index (Phi) is 4.06. The molecule has 0 N–H and O–H groups in total. The first-order valence-corrected chi connectivity index (χ1v) is 8.57. The molecule has 1 aliphatic rings. The van der Waals surface area contributed by atoms with Crippen molar-refractivity contribution in [2.24, 2.45) is 0 Å². The first-order chi connectivity index (χ1) is 12.1. The van der Waals surface area contributed by atoms with Crippen LogP contribution in [-0.4, -0.2) is 24.0 Å². The molecule has 25 heavy (non-hydrogen) atoms. The van der Waals surface area contributed by atoms with Crippen molar-refractivity contribution in [2.45, 2.75) is 13.3 Å². The van der Waals surface area contributed by atoms with E-state index in [4.69, 9.17) is 21.3 Å². The van der Waals surface area contributed by atoms with Gasteiger partial charge in [0.25, 0.3) is 5.91 Å². The van der Waals surface area contributed by atoms with Gasteiger partial charge >= 0.3 is 0 Å². The number of nitrogens with zero attached hydrogens (tertiary/aromatic N) is 2. The number of pyridine rings is 1. The molecule has 126 valence electrons. The topological polar surface area (TPSA) is 42.4 Å². The molecule has 0 spiro atoms. The van der Waals surface area contributed by atoms with Gasteiger partial charge in [-0.1, -0.05) is 29.8 Å². The molecule has 5 heteroatoms. The molecule has 0 aliphatic carbocycles. The van der Waals surface area contributed by atoms with Crippen molar-refractivity contribution < 1.29 is 9.53 Å². The van der Waals surface area contributed by atoms with Gasteiger partial charge < -0.3 is 4.74 Å². The average Bonchev–Trinajstić information content (AvgIpc) is 3.03. The number of carbonyl (C=O) groups is 1. The van der Waals surface area contributed by atoms with E-state index in [9.17, 15) is 4.79 Å². The predicted molar refractivity (Wildman–Crippen MR) is 99.5 cm³/mol. The number of anilines is 1. The summed E-state index contributed by atoms with van der Waals surface area (Å²) in [6.07, 6.45) is 0.818. The van der Waals surface area contributed by atoms with Gasteiger partial charge in [-0.3, -0.25) is 9.69 Å². The number of carbonyl (C=O) groups excluding carboxylic acids is 1. The van der Waals surface area contributed by atoms with Crippen LogP contribution in [0.3, 0.4) is 0 Å². The molecule has 1 aliphatic heterocycles. The fourth-order valence-electron chi connectivity index (χ4n) is 3.13. The molecule has 1 aromatic heterocycles. The van der Waals surface area contributed by atoms with E-state index in [0.29, 0.717) is 17.3 Å². The zero-order valence-electron chi connectivity index (χ0n) is 13.8. The third-order valence-corrected chi connectivity index (χ3v) is 4.69. The van der Waals surface area contributed by atoms with Crippen LogP contribution < -0.4 is 9.64 Å². The fraction of sp³-hybridized carbons (Fsp3) is 0.200. The summed E-state index contributed by atoms with van der Waals surface area (Å²) >= 11 is 5.86. The average molecular weight is 353 g/mol. The SMILES string of the molecule is Cc1cccc2cc3c(nc12)N(C(=O)COc1ccc(Cl)cc1)CC3. The number of aromatic nitrogens is 1. The lowest BCUT2D eigenvalue weighted by Crippen LogP contribution is -2.33. The second-order valence-corrected chi connectivity index (χ2v) is 6.59. The Morgan fingerprint density at radius 3 is 2.84 bits per heavy atom. The van der Waals surface area contributed by atoms with Crippen molar-refractivity contribution in [1.82, 2.24) is 4.98 Å². The van der Waals surface area contributed by atoms with Crippen LogP contribution in [0.15, 0.2) is 48.5 Å². The highest BCUT2D eigenvalue weighted by molar-refractivity contribution is 6.30. The largest absolute Gasteiger partial charge is 0.484 e. The monoisotopic (exact) mass is 352 g/mol. The van der Waals surface area contributed by atoms with Crippen molar-refractivity contribution in [3.63, 3.8) is 0 Å². The maximum Gasteiger partial charge on any atom is 0.266 e. The number of hydrogen-bond acceptors (Lipinski definition) is 3. The maximum absolute atomic E-state index is 12.6. The Balaban J connectivity index is 1.56. The second-order valence-electron chi connectivity index (χ2n) is 6.16. The Morgan fingerprint density at radius 1 is 1.24 bits per heavy atom. The van der Waals surface area contributed by atoms with E-state index in [-0.39, 0.29) is 12.5 Å². The van der Waals surface area contributed by atoms with Crippen LogP contribution in [0.25, 0.3) is 10.9 Å². The number of hydrogen-bond donors (Lipinski definition) is 0. The van der Waals surface area contributed by atoms with E-state index in [1.165, 1.54) is 0 Å². The van der Waals surface area contributed by atoms with E-state index < -0.39 is 0 Å². The van der Waals surface area contributed by atoms with Crippen LogP contribution in [0.5, 0.6) is 5.75 Å². The number of rotatable bonds is 3. The minimum atomic E-state index is -0.0888. The Morgan fingerprint density at radius 2 is 2.04 bits per heavy atom. The van der Waals surface area contributed by atoms with Crippen LogP contribution in [0.4, 0.5) is 5.82 Å². The van der Waals surface area contributed by atoms with Gasteiger partial charge in [0, 0.05) is 17.0 Å². The van der Waals surface area contributed by atoms with Crippen molar-refractivity contribution in [2.75, 3.05) is 18.1 Å². The van der Waals surface area contributed by atoms with Crippen LogP contribution in [0.1, 0.15) is 11.1 Å². The smallest absolute Gasteiger partial charge is 0.266 e. The van der Waals surface area contributed by atoms with Gasteiger partial charge in [-0.05, 0) is 54.8 Å². The van der Waals surface area contributed by atoms with Gasteiger partial charge in [-0.2, -0.15) is 0 Å². The Labute approximate surface area is 151 Å². The minimum Gasteiger partial charge on any atom is -0.484 e. The fourth-order valence-corrected chi connectivity index (χ4v) is 3.26. The van der Waals surface area contributed by atoms with Crippen molar-refractivity contribution in [1.29, 1.82) is 0 Å². The molecule has 2 aromatic carbocycles. The van der Waals surface area contributed by atoms with Gasteiger partial charge in [0.15, 0.2) is 6.61 Å². The molecule has 0 saturated carbocycles. The van der Waals surface area contributed by atoms with E-state index in [0.717, 1.165) is 34.3 Å². The lowest BCUT2D eigenvalue weighted by molar-refractivity contribution is -0.120. The molecule has 2 heterocycles. The molecule has 4 nitrogen and oxygen atoms in total. The number of benzene rings is 2. The summed E-state index contributed by atoms with van der Waals surface area (Å²) in [7, 11) is 0. The highest BCUT2D eigenvalue weighted by Crippen LogP contribution is 2.30. The first-order valence-electron chi connectivity index (χ1n) is 8.20. The minimum absolute atomic E-state index is 0.0193. The molecule has 0 radical (unpaired) electrons. The molecule has 1 amide bonds. The standard InChI is InChI=1S/C20H17ClN2O2/c1-13-3-2-4-14-11-15-9-10-23(20(15)22-19(13)14)18(24)12-25-17-7-5-16(21)6-8-17/h2-8,11H,9-10,12H2,1H3. The molecule has 3 aromatic rings. The van der Waals surface area contributed by atoms with Gasteiger partial charge in [-0.25, -0.2) is 4.98 Å². The summed E-state index contributed by atoms with van der Waals surface area (Å²) in [5, 5.41) is 1.75. The van der Waals surface area contributed by atoms with E-state index >= 15 is 0 Å². The van der Waals surface area contributed by atoms with Crippen molar-refractivity contribution >= 4 is 34.2 Å². The third-order valence-electron chi connectivity index (χ3n) is 4.44. The summed E-state index contributed by atoms with van der Waals surface area (Å²) in [5.41, 5.74) is 3.16. The van der Waals surface area contributed by atoms with Gasteiger partial charge in [0.05, 0.1) is 5.52 Å². The quantitative estimate of drug-likeness (QED) is 0.710. The Bertz CT molecular complexity index is 954. The van der Waals surface area contributed by atoms with E-state index in [2.05, 4.69) is 12.1 Å². The molecule has 0 saturated heterocycles. The summed E-state index contributed by atoms with van der Waals surface area (Å²) in [6, 6.07) is 15.2. The normalized spacial score (nSPS) is 13.1. The maximum atomic E-state index is 12.6. The molecule has 0 bridgehead atoms. The van der Waals surface area contributed by atoms with E-state index in [1.807, 2.05) is 19.1 Å². The van der Waals surface area contributed by atoms with Gasteiger partial charge in [-0.15, -0.1) is 0 Å². The lowest BCUT2D eigenvalue weighted by Gasteiger charge is -2.17. The van der Waals surface area contributed by atoms with Crippen LogP contribution >= 0.6 is 11.6 Å². The molecule has 0 atom stereocenters. The first kappa shape index (κ1) is 15.9. The number of halogens is 1. The molecule has 4 rings (SSSR count). The van der Waals surface area contributed by atoms with E-state index in [1.54, 1.807) is 29.2 Å². The third kappa shape index (κ3) is 3.05. The number of para-hydroxylation sites is 1. The number of fused-ring (bicyclic) bond motifs is 2. The second kappa shape index (κ2) is 6.37. The van der Waals surface area contributed by atoms with Crippen LogP contribution in [0, 0.1) is 6.92 Å². The summed E-state index contributed by atoms with van der Waals surface area (Å²) in [4.78, 5) is 19.1. The van der Waals surface area contributed by atoms with Crippen molar-refractivity contribution in [3.05, 3.63) is 64.7 Å². The van der Waals surface area contributed by atoms with Gasteiger partial charge in [0.1, 0.15) is 11.6 Å². The van der Waals surface area contributed by atoms with Crippen molar-refractivity contribution in [3.8, 4) is 5.75 Å². The Hall–Kier alpha value is -2.59. The highest BCUT2D eigenvalue weighted by atomic mass is 35.5. The van der Waals surface area contributed by atoms with Crippen LogP contribution in [-0.2, 0) is 11.2 Å². The number of ether oxygens (including phenoxy) is 1. The van der Waals surface area contributed by atoms with Gasteiger partial charge in [0.2, 0.25) is 0 Å². The number of aryl methyl sites for hydroxylation is 1. The highest BCUT2D eigenvalue weighted by Gasteiger charge is 2.27. The number of amides is 1. The zero-order chi connectivity index (χ0) is 17.4. The summed E-state index contributed by atoms with van der Waals surface area (Å²) in [6.45, 7) is 2.65. The molecule has 0 fully saturated rings. The predicted octanol–water partition coefficient (Wildman–Crippen LogP) is 4.16. The van der Waals surface area contributed by atoms with Crippen LogP contribution in [0.2, 0.25) is 5.02 Å². The summed E-state index contributed by atoms with van der Waals surface area (Å²) in [5.74, 6) is 1.29. The molecular formula is C20H17ClN2O2. The molecule has 0 unspecified atom stereocenters. The summed E-state index contributed by atoms with van der Waals surface area (Å²) < 4.78 is 5.58. The lowest BCUT2D eigenvalue weighted by atomic mass is 10.1.